The van der Waals surface area contributed by atoms with Crippen molar-refractivity contribution in [1.82, 2.24) is 0 Å². The van der Waals surface area contributed by atoms with Crippen molar-refractivity contribution in [3.63, 3.8) is 0 Å². The minimum absolute atomic E-state index is 0.0198. The van der Waals surface area contributed by atoms with Crippen molar-refractivity contribution < 1.29 is 9.53 Å². The Morgan fingerprint density at radius 3 is 2.54 bits per heavy atom. The van der Waals surface area contributed by atoms with Crippen molar-refractivity contribution >= 4 is 34.1 Å². The Balaban J connectivity index is 1.74. The van der Waals surface area contributed by atoms with E-state index in [1.54, 1.807) is 18.9 Å². The van der Waals surface area contributed by atoms with Crippen LogP contribution in [0.2, 0.25) is 0 Å². The molecule has 1 saturated heterocycles. The summed E-state index contributed by atoms with van der Waals surface area (Å²) in [5.41, 5.74) is 2.10. The molecule has 3 nitrogen and oxygen atoms in total. The Kier molecular flexibility index (Phi) is 3.90. The largest absolute Gasteiger partial charge is 0.497 e. The zero-order valence-corrected chi connectivity index (χ0v) is 14.1. The molecule has 4 rings (SSSR count). The lowest BCUT2D eigenvalue weighted by molar-refractivity contribution is -0.115. The average molecular weight is 335 g/mol. The molecule has 1 aliphatic rings. The summed E-state index contributed by atoms with van der Waals surface area (Å²) < 4.78 is 5.28. The molecule has 0 unspecified atom stereocenters. The fourth-order valence-corrected chi connectivity index (χ4v) is 4.23. The molecule has 0 aliphatic carbocycles. The van der Waals surface area contributed by atoms with E-state index in [9.17, 15) is 4.79 Å². The summed E-state index contributed by atoms with van der Waals surface area (Å²) in [5.74, 6) is 1.53. The van der Waals surface area contributed by atoms with Gasteiger partial charge < -0.3 is 4.74 Å². The van der Waals surface area contributed by atoms with Gasteiger partial charge in [0, 0.05) is 5.69 Å². The molecule has 3 aromatic carbocycles. The van der Waals surface area contributed by atoms with Crippen molar-refractivity contribution in [3.8, 4) is 5.75 Å². The molecule has 1 heterocycles. The van der Waals surface area contributed by atoms with Crippen molar-refractivity contribution in [3.05, 3.63) is 72.3 Å². The van der Waals surface area contributed by atoms with Crippen LogP contribution in [0, 0.1) is 0 Å². The van der Waals surface area contributed by atoms with Gasteiger partial charge in [0.15, 0.2) is 0 Å². The van der Waals surface area contributed by atoms with Gasteiger partial charge in [0.1, 0.15) is 11.1 Å². The molecule has 0 saturated carbocycles. The van der Waals surface area contributed by atoms with Gasteiger partial charge in [-0.3, -0.25) is 9.69 Å². The second kappa shape index (κ2) is 6.21. The van der Waals surface area contributed by atoms with Gasteiger partial charge in [-0.1, -0.05) is 36.4 Å². The van der Waals surface area contributed by atoms with Gasteiger partial charge in [0.05, 0.1) is 12.9 Å². The molecule has 24 heavy (non-hydrogen) atoms. The Morgan fingerprint density at radius 1 is 1.00 bits per heavy atom. The van der Waals surface area contributed by atoms with Crippen LogP contribution in [-0.2, 0) is 4.79 Å². The smallest absolute Gasteiger partial charge is 0.238 e. The zero-order chi connectivity index (χ0) is 16.5. The number of methoxy groups -OCH3 is 1. The average Bonchev–Trinajstić information content (AvgIpc) is 3.03. The Bertz CT molecular complexity index is 895. The number of thioether (sulfide) groups is 1. The number of para-hydroxylation sites is 1. The van der Waals surface area contributed by atoms with E-state index in [1.807, 2.05) is 47.4 Å². The lowest BCUT2D eigenvalue weighted by Gasteiger charge is -2.24. The van der Waals surface area contributed by atoms with Crippen molar-refractivity contribution in [2.24, 2.45) is 0 Å². The summed E-state index contributed by atoms with van der Waals surface area (Å²) in [6, 6.07) is 22.3. The number of ether oxygens (including phenoxy) is 1. The minimum Gasteiger partial charge on any atom is -0.497 e. The zero-order valence-electron chi connectivity index (χ0n) is 13.3. The SMILES string of the molecule is COc1ccc2cc([C@H]3SCC(=O)N3c3ccccc3)ccc2c1. The molecule has 4 heteroatoms. The normalized spacial score (nSPS) is 17.5. The first-order valence-corrected chi connectivity index (χ1v) is 8.87. The quantitative estimate of drug-likeness (QED) is 0.699. The van der Waals surface area contributed by atoms with Gasteiger partial charge in [0.25, 0.3) is 0 Å². The highest BCUT2D eigenvalue weighted by Crippen LogP contribution is 2.42. The Hall–Kier alpha value is -2.46. The van der Waals surface area contributed by atoms with E-state index in [0.29, 0.717) is 5.75 Å². The van der Waals surface area contributed by atoms with Crippen LogP contribution in [0.25, 0.3) is 10.8 Å². The van der Waals surface area contributed by atoms with Crippen LogP contribution in [0.5, 0.6) is 5.75 Å². The van der Waals surface area contributed by atoms with E-state index in [0.717, 1.165) is 27.8 Å². The molecule has 0 aromatic heterocycles. The van der Waals surface area contributed by atoms with Gasteiger partial charge in [0.2, 0.25) is 5.91 Å². The first kappa shape index (κ1) is 15.1. The summed E-state index contributed by atoms with van der Waals surface area (Å²) in [7, 11) is 1.67. The van der Waals surface area contributed by atoms with E-state index in [-0.39, 0.29) is 11.3 Å². The molecule has 1 aliphatic heterocycles. The van der Waals surface area contributed by atoms with Crippen molar-refractivity contribution in [2.45, 2.75) is 5.37 Å². The maximum Gasteiger partial charge on any atom is 0.238 e. The summed E-state index contributed by atoms with van der Waals surface area (Å²) in [6.45, 7) is 0. The van der Waals surface area contributed by atoms with E-state index in [2.05, 4.69) is 24.3 Å². The lowest BCUT2D eigenvalue weighted by Crippen LogP contribution is -2.27. The number of anilines is 1. The third-order valence-corrected chi connectivity index (χ3v) is 5.47. The van der Waals surface area contributed by atoms with Crippen LogP contribution < -0.4 is 9.64 Å². The summed E-state index contributed by atoms with van der Waals surface area (Å²) in [4.78, 5) is 14.3. The molecule has 3 aromatic rings. The number of hydrogen-bond acceptors (Lipinski definition) is 3. The lowest BCUT2D eigenvalue weighted by atomic mass is 10.1. The van der Waals surface area contributed by atoms with Gasteiger partial charge in [-0.15, -0.1) is 11.8 Å². The molecule has 0 radical (unpaired) electrons. The topological polar surface area (TPSA) is 29.5 Å². The van der Waals surface area contributed by atoms with E-state index >= 15 is 0 Å². The van der Waals surface area contributed by atoms with Crippen molar-refractivity contribution in [1.29, 1.82) is 0 Å². The number of carbonyl (C=O) groups is 1. The molecule has 0 N–H and O–H groups in total. The summed E-state index contributed by atoms with van der Waals surface area (Å²) in [5, 5.41) is 2.31. The highest BCUT2D eigenvalue weighted by atomic mass is 32.2. The molecule has 0 spiro atoms. The second-order valence-electron chi connectivity index (χ2n) is 5.74. The van der Waals surface area contributed by atoms with Crippen LogP contribution in [-0.4, -0.2) is 18.8 Å². The monoisotopic (exact) mass is 335 g/mol. The van der Waals surface area contributed by atoms with Crippen LogP contribution >= 0.6 is 11.8 Å². The minimum atomic E-state index is 0.0198. The predicted octanol–water partition coefficient (Wildman–Crippen LogP) is 4.63. The number of carbonyl (C=O) groups excluding carboxylic acids is 1. The Morgan fingerprint density at radius 2 is 1.75 bits per heavy atom. The predicted molar refractivity (Wildman–Crippen MR) is 99.6 cm³/mol. The third kappa shape index (κ3) is 2.63. The highest BCUT2D eigenvalue weighted by Gasteiger charge is 2.33. The van der Waals surface area contributed by atoms with E-state index < -0.39 is 0 Å². The maximum absolute atomic E-state index is 12.4. The van der Waals surface area contributed by atoms with Gasteiger partial charge in [-0.05, 0) is 46.7 Å². The first-order chi connectivity index (χ1) is 11.8. The number of nitrogens with zero attached hydrogens (tertiary/aromatic N) is 1. The number of amides is 1. The summed E-state index contributed by atoms with van der Waals surface area (Å²) in [6.07, 6.45) is 0. The molecule has 1 fully saturated rings. The second-order valence-corrected chi connectivity index (χ2v) is 6.80. The Labute approximate surface area is 145 Å². The third-order valence-electron chi connectivity index (χ3n) is 4.26. The van der Waals surface area contributed by atoms with Crippen LogP contribution in [0.15, 0.2) is 66.7 Å². The van der Waals surface area contributed by atoms with E-state index in [1.165, 1.54) is 0 Å². The highest BCUT2D eigenvalue weighted by molar-refractivity contribution is 8.00. The maximum atomic E-state index is 12.4. The van der Waals surface area contributed by atoms with Crippen LogP contribution in [0.1, 0.15) is 10.9 Å². The molecule has 120 valence electrons. The molecule has 1 atom stereocenters. The standard InChI is InChI=1S/C20H17NO2S/c1-23-18-10-9-14-11-16(8-7-15(14)12-18)20-21(19(22)13-24-20)17-5-3-2-4-6-17/h2-12,20H,13H2,1H3/t20-/m1/s1. The van der Waals surface area contributed by atoms with Crippen LogP contribution in [0.4, 0.5) is 5.69 Å². The van der Waals surface area contributed by atoms with Gasteiger partial charge in [-0.2, -0.15) is 0 Å². The van der Waals surface area contributed by atoms with E-state index in [4.69, 9.17) is 4.74 Å². The molecule has 1 amide bonds. The number of benzene rings is 3. The van der Waals surface area contributed by atoms with Gasteiger partial charge >= 0.3 is 0 Å². The van der Waals surface area contributed by atoms with Crippen molar-refractivity contribution in [2.75, 3.05) is 17.8 Å². The van der Waals surface area contributed by atoms with Gasteiger partial charge in [-0.25, -0.2) is 0 Å². The fraction of sp³-hybridized carbons (Fsp3) is 0.150. The fourth-order valence-electron chi connectivity index (χ4n) is 3.06. The number of rotatable bonds is 3. The molecule has 0 bridgehead atoms. The van der Waals surface area contributed by atoms with Crippen LogP contribution in [0.3, 0.4) is 0 Å². The summed E-state index contributed by atoms with van der Waals surface area (Å²) >= 11 is 1.67. The first-order valence-electron chi connectivity index (χ1n) is 7.83. The molecular formula is C20H17NO2S. The number of fused-ring (bicyclic) bond motifs is 1. The molecular weight excluding hydrogens is 318 g/mol. The number of hydrogen-bond donors (Lipinski definition) is 0.